The van der Waals surface area contributed by atoms with Crippen LogP contribution < -0.4 is 10.2 Å². The molecule has 1 aliphatic rings. The van der Waals surface area contributed by atoms with E-state index in [0.717, 1.165) is 41.5 Å². The summed E-state index contributed by atoms with van der Waals surface area (Å²) in [7, 11) is 0. The molecule has 0 bridgehead atoms. The molecule has 1 aromatic carbocycles. The molecule has 0 unspecified atom stereocenters. The summed E-state index contributed by atoms with van der Waals surface area (Å²) in [6, 6.07) is 17.6. The highest BCUT2D eigenvalue weighted by atomic mass is 32.1. The predicted molar refractivity (Wildman–Crippen MR) is 124 cm³/mol. The van der Waals surface area contributed by atoms with Crippen LogP contribution in [0.3, 0.4) is 0 Å². The first kappa shape index (κ1) is 20.4. The minimum Gasteiger partial charge on any atom is -0.463 e. The first-order valence-corrected chi connectivity index (χ1v) is 11.5. The molecule has 7 nitrogen and oxygen atoms in total. The van der Waals surface area contributed by atoms with Crippen LogP contribution in [0.25, 0.3) is 22.0 Å². The molecule has 1 atom stereocenters. The molecule has 0 saturated carbocycles. The Kier molecular flexibility index (Phi) is 5.93. The molecule has 1 fully saturated rings. The highest BCUT2D eigenvalue weighted by Gasteiger charge is 2.26. The molecule has 0 spiro atoms. The number of hydrogen-bond donors (Lipinski definition) is 1. The molecule has 5 rings (SSSR count). The van der Waals surface area contributed by atoms with Gasteiger partial charge in [0.15, 0.2) is 11.6 Å². The van der Waals surface area contributed by atoms with E-state index in [1.165, 1.54) is 0 Å². The Morgan fingerprint density at radius 3 is 2.81 bits per heavy atom. The van der Waals surface area contributed by atoms with Crippen LogP contribution in [0.15, 0.2) is 70.7 Å². The van der Waals surface area contributed by atoms with E-state index in [1.54, 1.807) is 17.6 Å². The Bertz CT molecular complexity index is 1160. The van der Waals surface area contributed by atoms with E-state index in [1.807, 2.05) is 60.0 Å². The lowest BCUT2D eigenvalue weighted by Crippen LogP contribution is -2.43. The number of anilines is 1. The van der Waals surface area contributed by atoms with Crippen molar-refractivity contribution in [2.45, 2.75) is 19.4 Å². The number of hydrogen-bond acceptors (Lipinski definition) is 7. The molecule has 1 amide bonds. The predicted octanol–water partition coefficient (Wildman–Crippen LogP) is 4.39. The number of aromatic nitrogens is 3. The van der Waals surface area contributed by atoms with Crippen LogP contribution in [0, 0.1) is 5.92 Å². The van der Waals surface area contributed by atoms with Crippen molar-refractivity contribution in [2.75, 3.05) is 18.0 Å². The van der Waals surface area contributed by atoms with Gasteiger partial charge in [-0.2, -0.15) is 0 Å². The molecule has 0 radical (unpaired) electrons. The summed E-state index contributed by atoms with van der Waals surface area (Å²) >= 11 is 1.60. The van der Waals surface area contributed by atoms with Crippen LogP contribution in [-0.2, 0) is 11.3 Å². The van der Waals surface area contributed by atoms with Crippen molar-refractivity contribution >= 4 is 23.1 Å². The average Bonchev–Trinajstić information content (AvgIpc) is 3.56. The van der Waals surface area contributed by atoms with Gasteiger partial charge in [0.2, 0.25) is 5.91 Å². The second-order valence-corrected chi connectivity index (χ2v) is 8.63. The van der Waals surface area contributed by atoms with E-state index >= 15 is 0 Å². The van der Waals surface area contributed by atoms with Crippen LogP contribution in [0.4, 0.5) is 5.82 Å². The monoisotopic (exact) mass is 445 g/mol. The average molecular weight is 446 g/mol. The lowest BCUT2D eigenvalue weighted by atomic mass is 9.97. The maximum atomic E-state index is 12.8. The molecule has 162 valence electrons. The van der Waals surface area contributed by atoms with Crippen molar-refractivity contribution in [1.29, 1.82) is 0 Å². The Morgan fingerprint density at radius 2 is 2.03 bits per heavy atom. The molecule has 8 heteroatoms. The molecule has 4 heterocycles. The Morgan fingerprint density at radius 1 is 1.12 bits per heavy atom. The number of benzene rings is 1. The third kappa shape index (κ3) is 4.55. The van der Waals surface area contributed by atoms with Crippen molar-refractivity contribution in [3.05, 3.63) is 71.9 Å². The minimum absolute atomic E-state index is 0.0594. The SMILES string of the molecule is O=C(NCc1csc(-c2ccccc2)n1)[C@H]1CCCN(c2ccc(-c3ccco3)nn2)C1. The van der Waals surface area contributed by atoms with Gasteiger partial charge in [0, 0.05) is 24.0 Å². The fourth-order valence-electron chi connectivity index (χ4n) is 3.87. The number of nitrogens with zero attached hydrogens (tertiary/aromatic N) is 4. The molecule has 1 aliphatic heterocycles. The smallest absolute Gasteiger partial charge is 0.225 e. The molecule has 32 heavy (non-hydrogen) atoms. The normalized spacial score (nSPS) is 16.1. The number of furan rings is 1. The van der Waals surface area contributed by atoms with Gasteiger partial charge in [-0.05, 0) is 37.1 Å². The van der Waals surface area contributed by atoms with Gasteiger partial charge in [-0.15, -0.1) is 21.5 Å². The van der Waals surface area contributed by atoms with Crippen molar-refractivity contribution in [3.8, 4) is 22.0 Å². The van der Waals surface area contributed by atoms with Crippen molar-refractivity contribution in [3.63, 3.8) is 0 Å². The Labute approximate surface area is 190 Å². The van der Waals surface area contributed by atoms with Gasteiger partial charge in [0.25, 0.3) is 0 Å². The zero-order chi connectivity index (χ0) is 21.8. The summed E-state index contributed by atoms with van der Waals surface area (Å²) in [5, 5.41) is 14.7. The van der Waals surface area contributed by atoms with Crippen molar-refractivity contribution in [2.24, 2.45) is 5.92 Å². The Hall–Kier alpha value is -3.52. The van der Waals surface area contributed by atoms with Crippen LogP contribution in [-0.4, -0.2) is 34.2 Å². The van der Waals surface area contributed by atoms with Gasteiger partial charge in [-0.25, -0.2) is 4.98 Å². The fraction of sp³-hybridized carbons (Fsp3) is 0.250. The highest BCUT2D eigenvalue weighted by Crippen LogP contribution is 2.25. The summed E-state index contributed by atoms with van der Waals surface area (Å²) < 4.78 is 5.37. The third-order valence-corrected chi connectivity index (χ3v) is 6.50. The van der Waals surface area contributed by atoms with Gasteiger partial charge in [-0.3, -0.25) is 4.79 Å². The number of rotatable bonds is 6. The summed E-state index contributed by atoms with van der Waals surface area (Å²) in [6.45, 7) is 1.94. The zero-order valence-electron chi connectivity index (χ0n) is 17.5. The number of thiazole rings is 1. The highest BCUT2D eigenvalue weighted by molar-refractivity contribution is 7.13. The summed E-state index contributed by atoms with van der Waals surface area (Å²) in [6.07, 6.45) is 3.42. The lowest BCUT2D eigenvalue weighted by molar-refractivity contribution is -0.125. The Balaban J connectivity index is 1.17. The zero-order valence-corrected chi connectivity index (χ0v) is 18.3. The van der Waals surface area contributed by atoms with Crippen LogP contribution in [0.5, 0.6) is 0 Å². The maximum Gasteiger partial charge on any atom is 0.225 e. The number of amides is 1. The second kappa shape index (κ2) is 9.32. The van der Waals surface area contributed by atoms with E-state index < -0.39 is 0 Å². The molecule has 1 N–H and O–H groups in total. The van der Waals surface area contributed by atoms with Crippen molar-refractivity contribution in [1.82, 2.24) is 20.5 Å². The van der Waals surface area contributed by atoms with E-state index in [2.05, 4.69) is 25.4 Å². The summed E-state index contributed by atoms with van der Waals surface area (Å²) in [5.41, 5.74) is 2.68. The van der Waals surface area contributed by atoms with Gasteiger partial charge in [0.1, 0.15) is 10.7 Å². The summed E-state index contributed by atoms with van der Waals surface area (Å²) in [4.78, 5) is 19.6. The summed E-state index contributed by atoms with van der Waals surface area (Å²) in [5.74, 6) is 1.45. The first-order valence-electron chi connectivity index (χ1n) is 10.7. The number of nitrogens with one attached hydrogen (secondary N) is 1. The molecular weight excluding hydrogens is 422 g/mol. The van der Waals surface area contributed by atoms with E-state index in [0.29, 0.717) is 24.5 Å². The molecule has 4 aromatic rings. The lowest BCUT2D eigenvalue weighted by Gasteiger charge is -2.32. The molecule has 1 saturated heterocycles. The van der Waals surface area contributed by atoms with E-state index in [4.69, 9.17) is 4.42 Å². The van der Waals surface area contributed by atoms with E-state index in [9.17, 15) is 4.79 Å². The largest absolute Gasteiger partial charge is 0.463 e. The van der Waals surface area contributed by atoms with Crippen LogP contribution >= 0.6 is 11.3 Å². The second-order valence-electron chi connectivity index (χ2n) is 7.77. The minimum atomic E-state index is -0.0810. The van der Waals surface area contributed by atoms with Gasteiger partial charge < -0.3 is 14.6 Å². The van der Waals surface area contributed by atoms with Gasteiger partial charge in [0.05, 0.1) is 24.4 Å². The number of piperidine rings is 1. The van der Waals surface area contributed by atoms with Crippen molar-refractivity contribution < 1.29 is 9.21 Å². The molecule has 3 aromatic heterocycles. The molecular formula is C24H23N5O2S. The third-order valence-electron chi connectivity index (χ3n) is 5.56. The van der Waals surface area contributed by atoms with Crippen LogP contribution in [0.1, 0.15) is 18.5 Å². The fourth-order valence-corrected chi connectivity index (χ4v) is 4.70. The standard InChI is InChI=1S/C24H23N5O2S/c30-23(25-14-19-16-32-24(26-19)17-6-2-1-3-7-17)18-8-4-12-29(15-18)22-11-10-20(27-28-22)21-9-5-13-31-21/h1-3,5-7,9-11,13,16,18H,4,8,12,14-15H2,(H,25,30)/t18-/m0/s1. The number of carbonyl (C=O) groups excluding carboxylic acids is 1. The first-order chi connectivity index (χ1) is 15.8. The van der Waals surface area contributed by atoms with Gasteiger partial charge in [-0.1, -0.05) is 30.3 Å². The molecule has 0 aliphatic carbocycles. The number of carbonyl (C=O) groups is 1. The maximum absolute atomic E-state index is 12.8. The van der Waals surface area contributed by atoms with Gasteiger partial charge >= 0.3 is 0 Å². The quantitative estimate of drug-likeness (QED) is 0.474. The topological polar surface area (TPSA) is 84.2 Å². The van der Waals surface area contributed by atoms with E-state index in [-0.39, 0.29) is 11.8 Å². The van der Waals surface area contributed by atoms with Crippen LogP contribution in [0.2, 0.25) is 0 Å².